The first-order valence-electron chi connectivity index (χ1n) is 14.0. The molecule has 0 radical (unpaired) electrons. The normalized spacial score (nSPS) is 18.0. The Morgan fingerprint density at radius 2 is 1.82 bits per heavy atom. The Morgan fingerprint density at radius 1 is 1.03 bits per heavy atom. The van der Waals surface area contributed by atoms with E-state index in [1.54, 1.807) is 6.07 Å². The number of fused-ring (bicyclic) bond motifs is 2. The number of rotatable bonds is 5. The summed E-state index contributed by atoms with van der Waals surface area (Å²) < 4.78 is 35.7. The third kappa shape index (κ3) is 4.66. The number of ether oxygens (including phenoxy) is 1. The first kappa shape index (κ1) is 25.2. The highest BCUT2D eigenvalue weighted by molar-refractivity contribution is 5.72. The van der Waals surface area contributed by atoms with Gasteiger partial charge in [-0.2, -0.15) is 0 Å². The molecule has 0 unspecified atom stereocenters. The molecule has 0 N–H and O–H groups in total. The lowest BCUT2D eigenvalue weighted by Gasteiger charge is -2.34. The van der Waals surface area contributed by atoms with Crippen molar-refractivity contribution in [1.29, 1.82) is 0 Å². The zero-order valence-corrected chi connectivity index (χ0v) is 22.6. The van der Waals surface area contributed by atoms with Gasteiger partial charge in [0.25, 0.3) is 0 Å². The Hall–Kier alpha value is -3.06. The minimum absolute atomic E-state index is 0.130. The highest BCUT2D eigenvalue weighted by Crippen LogP contribution is 2.40. The maximum atomic E-state index is 15.1. The second-order valence-electron chi connectivity index (χ2n) is 11.3. The average molecular weight is 519 g/mol. The number of hydrogen-bond donors (Lipinski definition) is 0. The van der Waals surface area contributed by atoms with Crippen molar-refractivity contribution in [3.8, 4) is 17.0 Å². The molecule has 200 valence electrons. The van der Waals surface area contributed by atoms with Gasteiger partial charge in [-0.05, 0) is 106 Å². The van der Waals surface area contributed by atoms with E-state index in [0.29, 0.717) is 42.6 Å². The van der Waals surface area contributed by atoms with Gasteiger partial charge in [-0.15, -0.1) is 0 Å². The van der Waals surface area contributed by atoms with Gasteiger partial charge in [0.1, 0.15) is 18.1 Å². The SMILES string of the molecule is CC(C)N1CCOc2c(F)cc(-c3nc(Cc4ccc(C5CCN(C)CC5)c5c4CCC5)ncc3F)cc21. The molecule has 0 amide bonds. The topological polar surface area (TPSA) is 41.5 Å². The fourth-order valence-electron chi connectivity index (χ4n) is 6.51. The molecular weight excluding hydrogens is 482 g/mol. The molecule has 6 rings (SSSR count). The van der Waals surface area contributed by atoms with Crippen LogP contribution >= 0.6 is 0 Å². The summed E-state index contributed by atoms with van der Waals surface area (Å²) in [6.45, 7) is 7.49. The summed E-state index contributed by atoms with van der Waals surface area (Å²) in [4.78, 5) is 13.5. The van der Waals surface area contributed by atoms with Gasteiger partial charge in [0.2, 0.25) is 0 Å². The summed E-state index contributed by atoms with van der Waals surface area (Å²) in [7, 11) is 2.20. The van der Waals surface area contributed by atoms with E-state index >= 15 is 8.78 Å². The van der Waals surface area contributed by atoms with E-state index in [1.807, 2.05) is 0 Å². The van der Waals surface area contributed by atoms with Crippen LogP contribution in [0.15, 0.2) is 30.5 Å². The quantitative estimate of drug-likeness (QED) is 0.420. The van der Waals surface area contributed by atoms with Gasteiger partial charge in [0, 0.05) is 18.0 Å². The van der Waals surface area contributed by atoms with E-state index < -0.39 is 11.6 Å². The fraction of sp³-hybridized carbons (Fsp3) is 0.484. The highest BCUT2D eigenvalue weighted by atomic mass is 19.1. The lowest BCUT2D eigenvalue weighted by molar-refractivity contribution is 0.255. The minimum Gasteiger partial charge on any atom is -0.486 e. The molecule has 0 bridgehead atoms. The second kappa shape index (κ2) is 10.3. The molecule has 1 fully saturated rings. The van der Waals surface area contributed by atoms with Gasteiger partial charge in [0.05, 0.1) is 18.4 Å². The largest absolute Gasteiger partial charge is 0.486 e. The van der Waals surface area contributed by atoms with Crippen LogP contribution in [0, 0.1) is 11.6 Å². The molecule has 2 aromatic carbocycles. The van der Waals surface area contributed by atoms with E-state index in [-0.39, 0.29) is 17.5 Å². The van der Waals surface area contributed by atoms with Crippen LogP contribution in [0.3, 0.4) is 0 Å². The number of benzene rings is 2. The van der Waals surface area contributed by atoms with Gasteiger partial charge in [-0.1, -0.05) is 12.1 Å². The summed E-state index contributed by atoms with van der Waals surface area (Å²) in [5.74, 6) is 0.365. The lowest BCUT2D eigenvalue weighted by atomic mass is 9.84. The number of likely N-dealkylation sites (tertiary alicyclic amines) is 1. The molecule has 1 saturated heterocycles. The van der Waals surface area contributed by atoms with Crippen LogP contribution in [0.4, 0.5) is 14.5 Å². The maximum Gasteiger partial charge on any atom is 0.178 e. The van der Waals surface area contributed by atoms with Crippen molar-refractivity contribution in [2.75, 3.05) is 38.2 Å². The maximum absolute atomic E-state index is 15.1. The number of anilines is 1. The Balaban J connectivity index is 1.32. The first-order chi connectivity index (χ1) is 18.4. The molecule has 0 saturated carbocycles. The zero-order valence-electron chi connectivity index (χ0n) is 22.6. The predicted molar refractivity (Wildman–Crippen MR) is 146 cm³/mol. The highest BCUT2D eigenvalue weighted by Gasteiger charge is 2.27. The van der Waals surface area contributed by atoms with Crippen LogP contribution in [0.2, 0.25) is 0 Å². The molecule has 3 heterocycles. The summed E-state index contributed by atoms with van der Waals surface area (Å²) in [5.41, 5.74) is 6.87. The number of aromatic nitrogens is 2. The van der Waals surface area contributed by atoms with Crippen molar-refractivity contribution in [3.05, 3.63) is 70.2 Å². The van der Waals surface area contributed by atoms with Crippen LogP contribution in [-0.4, -0.2) is 54.2 Å². The van der Waals surface area contributed by atoms with E-state index in [0.717, 1.165) is 25.9 Å². The third-order valence-electron chi connectivity index (χ3n) is 8.53. The number of halogens is 2. The number of hydrogen-bond acceptors (Lipinski definition) is 5. The second-order valence-corrected chi connectivity index (χ2v) is 11.3. The lowest BCUT2D eigenvalue weighted by Crippen LogP contribution is -2.38. The fourth-order valence-corrected chi connectivity index (χ4v) is 6.51. The van der Waals surface area contributed by atoms with Crippen LogP contribution in [-0.2, 0) is 19.3 Å². The van der Waals surface area contributed by atoms with Crippen molar-refractivity contribution >= 4 is 5.69 Å². The van der Waals surface area contributed by atoms with Crippen LogP contribution in [0.1, 0.15) is 67.1 Å². The molecule has 3 aromatic rings. The van der Waals surface area contributed by atoms with E-state index in [2.05, 4.69) is 52.8 Å². The number of piperidine rings is 1. The Kier molecular flexibility index (Phi) is 6.81. The van der Waals surface area contributed by atoms with Gasteiger partial charge in [-0.3, -0.25) is 0 Å². The standard InChI is InChI=1S/C31H36F2N4O/c1-19(2)37-13-14-38-31-26(32)15-22(16-28(31)37)30-27(33)18-34-29(35-30)17-21-7-8-24(25-6-4-5-23(21)25)20-9-11-36(3)12-10-20/h7-8,15-16,18-20H,4-6,9-14,17H2,1-3H3. The Morgan fingerprint density at radius 3 is 2.61 bits per heavy atom. The van der Waals surface area contributed by atoms with E-state index in [1.165, 1.54) is 53.8 Å². The van der Waals surface area contributed by atoms with E-state index in [9.17, 15) is 0 Å². The Labute approximate surface area is 223 Å². The molecule has 0 atom stereocenters. The van der Waals surface area contributed by atoms with E-state index in [4.69, 9.17) is 4.74 Å². The Bertz CT molecular complexity index is 1350. The van der Waals surface area contributed by atoms with Gasteiger partial charge in [0.15, 0.2) is 17.4 Å². The molecular formula is C31H36F2N4O. The predicted octanol–water partition coefficient (Wildman–Crippen LogP) is 5.92. The summed E-state index contributed by atoms with van der Waals surface area (Å²) in [6, 6.07) is 7.84. The van der Waals surface area contributed by atoms with Crippen LogP contribution in [0.5, 0.6) is 5.75 Å². The third-order valence-corrected chi connectivity index (χ3v) is 8.53. The molecule has 38 heavy (non-hydrogen) atoms. The monoisotopic (exact) mass is 518 g/mol. The number of nitrogens with zero attached hydrogens (tertiary/aromatic N) is 4. The molecule has 2 aliphatic heterocycles. The van der Waals surface area contributed by atoms with Crippen molar-refractivity contribution < 1.29 is 13.5 Å². The van der Waals surface area contributed by atoms with Gasteiger partial charge < -0.3 is 14.5 Å². The summed E-state index contributed by atoms with van der Waals surface area (Å²) in [5, 5.41) is 0. The molecule has 7 heteroatoms. The van der Waals surface area contributed by atoms with Crippen molar-refractivity contribution in [2.24, 2.45) is 0 Å². The van der Waals surface area contributed by atoms with Crippen LogP contribution in [0.25, 0.3) is 11.3 Å². The molecule has 3 aliphatic rings. The zero-order chi connectivity index (χ0) is 26.4. The molecule has 0 spiro atoms. The molecule has 5 nitrogen and oxygen atoms in total. The van der Waals surface area contributed by atoms with Crippen molar-refractivity contribution in [1.82, 2.24) is 14.9 Å². The van der Waals surface area contributed by atoms with Gasteiger partial charge >= 0.3 is 0 Å². The van der Waals surface area contributed by atoms with Crippen LogP contribution < -0.4 is 9.64 Å². The van der Waals surface area contributed by atoms with Crippen molar-refractivity contribution in [3.63, 3.8) is 0 Å². The van der Waals surface area contributed by atoms with Crippen molar-refractivity contribution in [2.45, 2.75) is 64.3 Å². The van der Waals surface area contributed by atoms with Gasteiger partial charge in [-0.25, -0.2) is 18.7 Å². The first-order valence-corrected chi connectivity index (χ1v) is 14.0. The average Bonchev–Trinajstić information content (AvgIpc) is 3.41. The molecule has 1 aliphatic carbocycles. The summed E-state index contributed by atoms with van der Waals surface area (Å²) >= 11 is 0. The molecule has 1 aromatic heterocycles. The minimum atomic E-state index is -0.552. The smallest absolute Gasteiger partial charge is 0.178 e. The summed E-state index contributed by atoms with van der Waals surface area (Å²) in [6.07, 6.45) is 7.55.